The van der Waals surface area contributed by atoms with Crippen molar-refractivity contribution in [3.05, 3.63) is 94.2 Å². The van der Waals surface area contributed by atoms with Crippen LogP contribution in [-0.2, 0) is 19.5 Å². The van der Waals surface area contributed by atoms with Crippen LogP contribution in [0.15, 0.2) is 54.7 Å². The Morgan fingerprint density at radius 3 is 2.58 bits per heavy atom. The number of halogens is 1. The minimum atomic E-state index is -0.957. The molecule has 31 heavy (non-hydrogen) atoms. The molecule has 0 spiro atoms. The number of fused-ring (bicyclic) bond motifs is 1. The topological polar surface area (TPSA) is 70.1 Å². The van der Waals surface area contributed by atoms with Crippen molar-refractivity contribution in [2.75, 3.05) is 6.54 Å². The van der Waals surface area contributed by atoms with Gasteiger partial charge in [-0.3, -0.25) is 0 Å². The molecule has 0 amide bonds. The number of carboxylic acid groups (broad SMARTS) is 1. The molecule has 4 aromatic rings. The minimum absolute atomic E-state index is 0.287. The van der Waals surface area contributed by atoms with Crippen LogP contribution >= 0.6 is 0 Å². The van der Waals surface area contributed by atoms with Crippen molar-refractivity contribution in [2.45, 2.75) is 33.4 Å². The Kier molecular flexibility index (Phi) is 5.91. The van der Waals surface area contributed by atoms with Gasteiger partial charge in [0.25, 0.3) is 0 Å². The number of hydrogen-bond acceptors (Lipinski definition) is 2. The van der Waals surface area contributed by atoms with Gasteiger partial charge >= 0.3 is 5.97 Å². The molecular weight excluding hydrogens is 393 g/mol. The number of para-hydroxylation sites is 1. The molecule has 2 aromatic heterocycles. The van der Waals surface area contributed by atoms with E-state index in [2.05, 4.69) is 22.4 Å². The van der Waals surface area contributed by atoms with Gasteiger partial charge in [0, 0.05) is 46.2 Å². The first-order valence-corrected chi connectivity index (χ1v) is 10.4. The summed E-state index contributed by atoms with van der Waals surface area (Å²) in [7, 11) is 0. The predicted octanol–water partition coefficient (Wildman–Crippen LogP) is 4.80. The van der Waals surface area contributed by atoms with Crippen LogP contribution in [0.4, 0.5) is 4.39 Å². The molecule has 2 aromatic carbocycles. The van der Waals surface area contributed by atoms with Crippen LogP contribution < -0.4 is 5.32 Å². The summed E-state index contributed by atoms with van der Waals surface area (Å²) in [5, 5.41) is 14.4. The summed E-state index contributed by atoms with van der Waals surface area (Å²) in [6, 6.07) is 14.8. The van der Waals surface area contributed by atoms with Crippen LogP contribution in [-0.4, -0.2) is 27.2 Å². The number of hydrogen-bond donors (Lipinski definition) is 3. The molecule has 0 unspecified atom stereocenters. The average molecular weight is 420 g/mol. The van der Waals surface area contributed by atoms with Crippen LogP contribution in [0, 0.1) is 19.7 Å². The molecule has 6 heteroatoms. The number of benzene rings is 2. The van der Waals surface area contributed by atoms with Crippen molar-refractivity contribution >= 4 is 16.9 Å². The van der Waals surface area contributed by atoms with Gasteiger partial charge < -0.3 is 20.0 Å². The summed E-state index contributed by atoms with van der Waals surface area (Å²) in [6.07, 6.45) is 2.86. The molecule has 0 atom stereocenters. The highest BCUT2D eigenvalue weighted by Crippen LogP contribution is 2.25. The number of rotatable bonds is 8. The Morgan fingerprint density at radius 1 is 1.06 bits per heavy atom. The van der Waals surface area contributed by atoms with Crippen LogP contribution in [0.2, 0.25) is 0 Å². The SMILES string of the molecule is Cc1c(CNCCc2c[nH]c3ccccc23)c(C(=O)O)c(C)n1Cc1ccccc1F. The maximum Gasteiger partial charge on any atom is 0.337 e. The average Bonchev–Trinajstić information content (AvgIpc) is 3.27. The highest BCUT2D eigenvalue weighted by molar-refractivity contribution is 5.91. The lowest BCUT2D eigenvalue weighted by Crippen LogP contribution is -2.18. The van der Waals surface area contributed by atoms with Gasteiger partial charge in [-0.25, -0.2) is 9.18 Å². The summed E-state index contributed by atoms with van der Waals surface area (Å²) in [5.74, 6) is -1.24. The molecule has 0 radical (unpaired) electrons. The maximum absolute atomic E-state index is 14.2. The van der Waals surface area contributed by atoms with E-state index in [0.717, 1.165) is 29.7 Å². The molecule has 3 N–H and O–H groups in total. The van der Waals surface area contributed by atoms with Crippen molar-refractivity contribution in [2.24, 2.45) is 0 Å². The second-order valence-electron chi connectivity index (χ2n) is 7.79. The first kappa shape index (κ1) is 20.9. The Balaban J connectivity index is 1.51. The molecule has 0 saturated carbocycles. The quantitative estimate of drug-likeness (QED) is 0.359. The lowest BCUT2D eigenvalue weighted by molar-refractivity contribution is 0.0694. The van der Waals surface area contributed by atoms with Gasteiger partial charge in [0.2, 0.25) is 0 Å². The van der Waals surface area contributed by atoms with E-state index in [1.807, 2.05) is 29.8 Å². The fourth-order valence-electron chi connectivity index (χ4n) is 4.26. The zero-order valence-corrected chi connectivity index (χ0v) is 17.7. The third kappa shape index (κ3) is 4.11. The van der Waals surface area contributed by atoms with E-state index < -0.39 is 5.97 Å². The van der Waals surface area contributed by atoms with Crippen LogP contribution in [0.5, 0.6) is 0 Å². The molecule has 0 fully saturated rings. The molecule has 4 rings (SSSR count). The summed E-state index contributed by atoms with van der Waals surface area (Å²) >= 11 is 0. The smallest absolute Gasteiger partial charge is 0.337 e. The summed E-state index contributed by atoms with van der Waals surface area (Å²) < 4.78 is 16.0. The van der Waals surface area contributed by atoms with Crippen LogP contribution in [0.3, 0.4) is 0 Å². The standard InChI is InChI=1S/C25H26FN3O2/c1-16-21(14-27-12-11-18-13-28-23-10-6-4-8-20(18)23)24(25(30)31)17(2)29(16)15-19-7-3-5-9-22(19)26/h3-10,13,27-28H,11-12,14-15H2,1-2H3,(H,30,31). The molecule has 0 saturated heterocycles. The Hall–Kier alpha value is -3.38. The number of carbonyl (C=O) groups is 1. The Morgan fingerprint density at radius 2 is 1.81 bits per heavy atom. The van der Waals surface area contributed by atoms with E-state index in [0.29, 0.717) is 29.9 Å². The summed E-state index contributed by atoms with van der Waals surface area (Å²) in [5.41, 5.74) is 5.42. The minimum Gasteiger partial charge on any atom is -0.478 e. The maximum atomic E-state index is 14.2. The van der Waals surface area contributed by atoms with Crippen LogP contribution in [0.1, 0.15) is 38.4 Å². The second-order valence-corrected chi connectivity index (χ2v) is 7.79. The number of aromatic nitrogens is 2. The zero-order chi connectivity index (χ0) is 22.0. The third-order valence-electron chi connectivity index (χ3n) is 5.96. The van der Waals surface area contributed by atoms with E-state index in [-0.39, 0.29) is 5.82 Å². The van der Waals surface area contributed by atoms with E-state index in [1.54, 1.807) is 25.1 Å². The fourth-order valence-corrected chi connectivity index (χ4v) is 4.26. The molecule has 160 valence electrons. The van der Waals surface area contributed by atoms with Gasteiger partial charge in [0.05, 0.1) is 12.1 Å². The highest BCUT2D eigenvalue weighted by Gasteiger charge is 2.22. The number of aromatic amines is 1. The van der Waals surface area contributed by atoms with Gasteiger partial charge in [0.1, 0.15) is 5.82 Å². The monoisotopic (exact) mass is 419 g/mol. The van der Waals surface area contributed by atoms with Crippen molar-refractivity contribution < 1.29 is 14.3 Å². The molecule has 0 aliphatic rings. The molecule has 2 heterocycles. The summed E-state index contributed by atoms with van der Waals surface area (Å²) in [4.78, 5) is 15.3. The number of nitrogens with zero attached hydrogens (tertiary/aromatic N) is 1. The molecule has 0 aliphatic carbocycles. The number of aromatic carboxylic acids is 1. The Bertz CT molecular complexity index is 1240. The lowest BCUT2D eigenvalue weighted by Gasteiger charge is -2.11. The lowest BCUT2D eigenvalue weighted by atomic mass is 10.1. The first-order valence-electron chi connectivity index (χ1n) is 10.4. The Labute approximate surface area is 180 Å². The molecule has 5 nitrogen and oxygen atoms in total. The van der Waals surface area contributed by atoms with E-state index in [4.69, 9.17) is 0 Å². The fraction of sp³-hybridized carbons (Fsp3) is 0.240. The third-order valence-corrected chi connectivity index (χ3v) is 5.96. The van der Waals surface area contributed by atoms with E-state index >= 15 is 0 Å². The first-order chi connectivity index (χ1) is 15.0. The normalized spacial score (nSPS) is 11.3. The van der Waals surface area contributed by atoms with Gasteiger partial charge in [-0.15, -0.1) is 0 Å². The van der Waals surface area contributed by atoms with Crippen molar-refractivity contribution in [1.82, 2.24) is 14.9 Å². The number of carboxylic acids is 1. The molecule has 0 aliphatic heterocycles. The zero-order valence-electron chi connectivity index (χ0n) is 17.7. The van der Waals surface area contributed by atoms with Crippen molar-refractivity contribution in [1.29, 1.82) is 0 Å². The molecule has 0 bridgehead atoms. The van der Waals surface area contributed by atoms with Gasteiger partial charge in [0.15, 0.2) is 0 Å². The predicted molar refractivity (Wildman–Crippen MR) is 120 cm³/mol. The van der Waals surface area contributed by atoms with Gasteiger partial charge in [-0.2, -0.15) is 0 Å². The van der Waals surface area contributed by atoms with Crippen LogP contribution in [0.25, 0.3) is 10.9 Å². The van der Waals surface area contributed by atoms with Crippen molar-refractivity contribution in [3.8, 4) is 0 Å². The highest BCUT2D eigenvalue weighted by atomic mass is 19.1. The summed E-state index contributed by atoms with van der Waals surface area (Å²) in [6.45, 7) is 5.16. The van der Waals surface area contributed by atoms with Gasteiger partial charge in [-0.1, -0.05) is 36.4 Å². The molecular formula is C25H26FN3O2. The number of nitrogens with one attached hydrogen (secondary N) is 2. The van der Waals surface area contributed by atoms with Crippen molar-refractivity contribution in [3.63, 3.8) is 0 Å². The van der Waals surface area contributed by atoms with E-state index in [1.165, 1.54) is 17.0 Å². The number of H-pyrrole nitrogens is 1. The second kappa shape index (κ2) is 8.78. The van der Waals surface area contributed by atoms with Gasteiger partial charge in [-0.05, 0) is 44.5 Å². The van der Waals surface area contributed by atoms with E-state index in [9.17, 15) is 14.3 Å². The largest absolute Gasteiger partial charge is 0.478 e.